The first kappa shape index (κ1) is 17.0. The summed E-state index contributed by atoms with van der Waals surface area (Å²) in [4.78, 5) is 20.5. The fourth-order valence-electron chi connectivity index (χ4n) is 1.34. The van der Waals surface area contributed by atoms with Gasteiger partial charge in [-0.05, 0) is 30.5 Å². The van der Waals surface area contributed by atoms with Crippen molar-refractivity contribution >= 4 is 11.9 Å². The third kappa shape index (κ3) is 6.26. The van der Waals surface area contributed by atoms with Crippen molar-refractivity contribution < 1.29 is 27.9 Å². The van der Waals surface area contributed by atoms with E-state index in [-0.39, 0.29) is 5.91 Å². The predicted octanol–water partition coefficient (Wildman–Crippen LogP) is 1.67. The SMILES string of the molecule is NCc1cccc(C(=O)NC2CC2)c1.O=C(O)C(F)(F)F. The van der Waals surface area contributed by atoms with Crippen molar-refractivity contribution in [2.75, 3.05) is 0 Å². The average Bonchev–Trinajstić information content (AvgIpc) is 3.22. The number of amides is 1. The van der Waals surface area contributed by atoms with Crippen LogP contribution >= 0.6 is 0 Å². The van der Waals surface area contributed by atoms with E-state index in [2.05, 4.69) is 5.32 Å². The van der Waals surface area contributed by atoms with E-state index in [9.17, 15) is 18.0 Å². The Labute approximate surface area is 118 Å². The Bertz CT molecular complexity index is 514. The van der Waals surface area contributed by atoms with E-state index in [1.807, 2.05) is 24.3 Å². The molecule has 1 aliphatic rings. The number of carboxylic acids is 1. The maximum Gasteiger partial charge on any atom is 0.490 e. The zero-order valence-corrected chi connectivity index (χ0v) is 11.0. The van der Waals surface area contributed by atoms with Crippen molar-refractivity contribution in [1.29, 1.82) is 0 Å². The number of aliphatic carboxylic acids is 1. The van der Waals surface area contributed by atoms with Gasteiger partial charge in [0.2, 0.25) is 0 Å². The molecule has 1 saturated carbocycles. The number of hydrogen-bond acceptors (Lipinski definition) is 3. The molecule has 0 radical (unpaired) electrons. The van der Waals surface area contributed by atoms with Gasteiger partial charge in [0.1, 0.15) is 0 Å². The molecule has 0 bridgehead atoms. The van der Waals surface area contributed by atoms with E-state index in [0.29, 0.717) is 18.2 Å². The van der Waals surface area contributed by atoms with Crippen LogP contribution < -0.4 is 11.1 Å². The second kappa shape index (κ2) is 7.07. The van der Waals surface area contributed by atoms with Crippen molar-refractivity contribution in [3.05, 3.63) is 35.4 Å². The van der Waals surface area contributed by atoms with E-state index in [0.717, 1.165) is 18.4 Å². The number of hydrogen-bond donors (Lipinski definition) is 3. The van der Waals surface area contributed by atoms with Gasteiger partial charge in [0.15, 0.2) is 0 Å². The first-order chi connectivity index (χ1) is 9.74. The molecule has 0 unspecified atom stereocenters. The van der Waals surface area contributed by atoms with Crippen LogP contribution in [-0.4, -0.2) is 29.2 Å². The Morgan fingerprint density at radius 1 is 1.33 bits per heavy atom. The molecule has 1 aromatic carbocycles. The molecule has 1 aromatic rings. The topological polar surface area (TPSA) is 92.4 Å². The third-order valence-corrected chi connectivity index (χ3v) is 2.58. The summed E-state index contributed by atoms with van der Waals surface area (Å²) in [7, 11) is 0. The normalized spacial score (nSPS) is 13.9. The van der Waals surface area contributed by atoms with Gasteiger partial charge in [-0.25, -0.2) is 4.79 Å². The second-order valence-corrected chi connectivity index (χ2v) is 4.46. The van der Waals surface area contributed by atoms with Gasteiger partial charge >= 0.3 is 12.1 Å². The Hall–Kier alpha value is -2.09. The lowest BCUT2D eigenvalue weighted by Gasteiger charge is -2.04. The van der Waals surface area contributed by atoms with Gasteiger partial charge in [0.05, 0.1) is 0 Å². The van der Waals surface area contributed by atoms with Crippen LogP contribution in [0, 0.1) is 0 Å². The molecule has 0 aliphatic heterocycles. The number of halogens is 3. The molecule has 1 amide bonds. The zero-order valence-electron chi connectivity index (χ0n) is 11.0. The molecule has 8 heteroatoms. The number of rotatable bonds is 3. The number of carbonyl (C=O) groups is 2. The van der Waals surface area contributed by atoms with E-state index in [4.69, 9.17) is 15.6 Å². The van der Waals surface area contributed by atoms with Crippen molar-refractivity contribution in [2.45, 2.75) is 31.6 Å². The van der Waals surface area contributed by atoms with Crippen molar-refractivity contribution in [2.24, 2.45) is 5.73 Å². The number of benzene rings is 1. The van der Waals surface area contributed by atoms with Crippen LogP contribution in [0.4, 0.5) is 13.2 Å². The maximum atomic E-state index is 11.6. The standard InChI is InChI=1S/C11H14N2O.C2HF3O2/c12-7-8-2-1-3-9(6-8)11(14)13-10-4-5-10;3-2(4,5)1(6)7/h1-3,6,10H,4-5,7,12H2,(H,13,14);(H,6,7). The highest BCUT2D eigenvalue weighted by atomic mass is 19.4. The molecule has 116 valence electrons. The summed E-state index contributed by atoms with van der Waals surface area (Å²) in [5, 5.41) is 10.1. The molecule has 0 heterocycles. The maximum absolute atomic E-state index is 11.6. The van der Waals surface area contributed by atoms with Crippen molar-refractivity contribution in [1.82, 2.24) is 5.32 Å². The fraction of sp³-hybridized carbons (Fsp3) is 0.385. The van der Waals surface area contributed by atoms with Crippen LogP contribution in [0.5, 0.6) is 0 Å². The summed E-state index contributed by atoms with van der Waals surface area (Å²) >= 11 is 0. The van der Waals surface area contributed by atoms with Gasteiger partial charge in [-0.2, -0.15) is 13.2 Å². The highest BCUT2D eigenvalue weighted by Gasteiger charge is 2.38. The number of nitrogens with two attached hydrogens (primary N) is 1. The number of carboxylic acid groups (broad SMARTS) is 1. The lowest BCUT2D eigenvalue weighted by molar-refractivity contribution is -0.192. The van der Waals surface area contributed by atoms with Crippen LogP contribution in [0.2, 0.25) is 0 Å². The van der Waals surface area contributed by atoms with Crippen LogP contribution in [0.1, 0.15) is 28.8 Å². The number of carbonyl (C=O) groups excluding carboxylic acids is 1. The Morgan fingerprint density at radius 2 is 1.90 bits per heavy atom. The minimum absolute atomic E-state index is 0.0165. The third-order valence-electron chi connectivity index (χ3n) is 2.58. The molecule has 0 saturated heterocycles. The van der Waals surface area contributed by atoms with Gasteiger partial charge < -0.3 is 16.2 Å². The zero-order chi connectivity index (χ0) is 16.0. The summed E-state index contributed by atoms with van der Waals surface area (Å²) < 4.78 is 31.7. The minimum Gasteiger partial charge on any atom is -0.475 e. The average molecular weight is 304 g/mol. The summed E-state index contributed by atoms with van der Waals surface area (Å²) in [5.41, 5.74) is 7.20. The van der Waals surface area contributed by atoms with Gasteiger partial charge in [-0.1, -0.05) is 12.1 Å². The highest BCUT2D eigenvalue weighted by Crippen LogP contribution is 2.19. The summed E-state index contributed by atoms with van der Waals surface area (Å²) in [6.07, 6.45) is -2.86. The Morgan fingerprint density at radius 3 is 2.33 bits per heavy atom. The first-order valence-electron chi connectivity index (χ1n) is 6.14. The molecule has 1 aliphatic carbocycles. The Kier molecular flexibility index (Phi) is 5.71. The smallest absolute Gasteiger partial charge is 0.475 e. The molecule has 0 atom stereocenters. The van der Waals surface area contributed by atoms with Gasteiger partial charge in [-0.15, -0.1) is 0 Å². The second-order valence-electron chi connectivity index (χ2n) is 4.46. The molecule has 0 spiro atoms. The molecular weight excluding hydrogens is 289 g/mol. The van der Waals surface area contributed by atoms with Crippen molar-refractivity contribution in [3.8, 4) is 0 Å². The monoisotopic (exact) mass is 304 g/mol. The summed E-state index contributed by atoms with van der Waals surface area (Å²) in [6, 6.07) is 7.86. The van der Waals surface area contributed by atoms with E-state index < -0.39 is 12.1 Å². The fourth-order valence-corrected chi connectivity index (χ4v) is 1.34. The predicted molar refractivity (Wildman–Crippen MR) is 68.5 cm³/mol. The summed E-state index contributed by atoms with van der Waals surface area (Å²) in [6.45, 7) is 0.477. The minimum atomic E-state index is -5.08. The van der Waals surface area contributed by atoms with Gasteiger partial charge in [0, 0.05) is 18.2 Å². The van der Waals surface area contributed by atoms with E-state index in [1.165, 1.54) is 0 Å². The van der Waals surface area contributed by atoms with E-state index in [1.54, 1.807) is 0 Å². The molecule has 2 rings (SSSR count). The van der Waals surface area contributed by atoms with Gasteiger partial charge in [0.25, 0.3) is 5.91 Å². The number of nitrogens with one attached hydrogen (secondary N) is 1. The first-order valence-corrected chi connectivity index (χ1v) is 6.14. The van der Waals surface area contributed by atoms with Gasteiger partial charge in [-0.3, -0.25) is 4.79 Å². The molecule has 5 nitrogen and oxygen atoms in total. The van der Waals surface area contributed by atoms with Crippen molar-refractivity contribution in [3.63, 3.8) is 0 Å². The molecular formula is C13H15F3N2O3. The van der Waals surface area contributed by atoms with Crippen LogP contribution in [-0.2, 0) is 11.3 Å². The van der Waals surface area contributed by atoms with Crippen LogP contribution in [0.15, 0.2) is 24.3 Å². The molecule has 0 aromatic heterocycles. The Balaban J connectivity index is 0.000000270. The highest BCUT2D eigenvalue weighted by molar-refractivity contribution is 5.94. The lowest BCUT2D eigenvalue weighted by Crippen LogP contribution is -2.25. The molecule has 4 N–H and O–H groups in total. The lowest BCUT2D eigenvalue weighted by atomic mass is 10.1. The molecule has 1 fully saturated rings. The summed E-state index contributed by atoms with van der Waals surface area (Å²) in [5.74, 6) is -2.74. The number of alkyl halides is 3. The largest absolute Gasteiger partial charge is 0.490 e. The van der Waals surface area contributed by atoms with Crippen LogP contribution in [0.25, 0.3) is 0 Å². The quantitative estimate of drug-likeness (QED) is 0.792. The van der Waals surface area contributed by atoms with E-state index >= 15 is 0 Å². The van der Waals surface area contributed by atoms with Crippen LogP contribution in [0.3, 0.4) is 0 Å². The molecule has 21 heavy (non-hydrogen) atoms.